The third-order valence-corrected chi connectivity index (χ3v) is 4.15. The van der Waals surface area contributed by atoms with Crippen LogP contribution in [0.25, 0.3) is 0 Å². The highest BCUT2D eigenvalue weighted by Gasteiger charge is 2.16. The van der Waals surface area contributed by atoms with Crippen LogP contribution < -0.4 is 19.7 Å². The van der Waals surface area contributed by atoms with Crippen molar-refractivity contribution in [1.82, 2.24) is 4.98 Å². The van der Waals surface area contributed by atoms with Crippen molar-refractivity contribution in [2.45, 2.75) is 13.8 Å². The second-order valence-electron chi connectivity index (χ2n) is 5.98. The average Bonchev–Trinajstić information content (AvgIpc) is 2.71. The molecule has 7 heteroatoms. The number of carbonyl (C=O) groups is 1. The van der Waals surface area contributed by atoms with Gasteiger partial charge in [-0.2, -0.15) is 0 Å². The summed E-state index contributed by atoms with van der Waals surface area (Å²) in [6, 6.07) is 9.00. The maximum absolute atomic E-state index is 12.8. The number of aromatic nitrogens is 1. The first-order chi connectivity index (χ1) is 13.2. The molecule has 1 saturated heterocycles. The predicted molar refractivity (Wildman–Crippen MR) is 104 cm³/mol. The zero-order chi connectivity index (χ0) is 19.1. The second kappa shape index (κ2) is 9.23. The summed E-state index contributed by atoms with van der Waals surface area (Å²) in [7, 11) is 0. The summed E-state index contributed by atoms with van der Waals surface area (Å²) >= 11 is 0. The van der Waals surface area contributed by atoms with Crippen molar-refractivity contribution in [1.29, 1.82) is 0 Å². The minimum absolute atomic E-state index is 0.263. The van der Waals surface area contributed by atoms with Crippen molar-refractivity contribution in [3.8, 4) is 11.5 Å². The number of hydrogen-bond donors (Lipinski definition) is 1. The van der Waals surface area contributed by atoms with Crippen LogP contribution in [0.3, 0.4) is 0 Å². The van der Waals surface area contributed by atoms with Crippen LogP contribution in [0, 0.1) is 0 Å². The summed E-state index contributed by atoms with van der Waals surface area (Å²) in [5.74, 6) is 1.77. The molecule has 1 aromatic heterocycles. The molecule has 0 atom stereocenters. The lowest BCUT2D eigenvalue weighted by molar-refractivity contribution is 0.102. The highest BCUT2D eigenvalue weighted by atomic mass is 16.5. The summed E-state index contributed by atoms with van der Waals surface area (Å²) in [6.45, 7) is 7.84. The van der Waals surface area contributed by atoms with Gasteiger partial charge in [-0.3, -0.25) is 4.79 Å². The molecule has 1 N–H and O–H groups in total. The van der Waals surface area contributed by atoms with Crippen molar-refractivity contribution in [2.24, 2.45) is 0 Å². The third kappa shape index (κ3) is 4.89. The van der Waals surface area contributed by atoms with Gasteiger partial charge in [-0.1, -0.05) is 0 Å². The Kier molecular flexibility index (Phi) is 6.49. The van der Waals surface area contributed by atoms with Gasteiger partial charge < -0.3 is 24.4 Å². The van der Waals surface area contributed by atoms with Gasteiger partial charge in [0.05, 0.1) is 43.9 Å². The number of nitrogens with zero attached hydrogens (tertiary/aromatic N) is 2. The number of pyridine rings is 1. The fraction of sp³-hybridized carbons (Fsp3) is 0.400. The van der Waals surface area contributed by atoms with Gasteiger partial charge in [0.25, 0.3) is 5.91 Å². The number of morpholine rings is 1. The quantitative estimate of drug-likeness (QED) is 0.807. The Balaban J connectivity index is 1.73. The molecule has 144 valence electrons. The van der Waals surface area contributed by atoms with E-state index in [1.54, 1.807) is 24.4 Å². The molecule has 0 saturated carbocycles. The summed E-state index contributed by atoms with van der Waals surface area (Å²) in [5, 5.41) is 2.88. The minimum Gasteiger partial charge on any atom is -0.494 e. The Hall–Kier alpha value is -2.80. The molecule has 0 aliphatic carbocycles. The maximum atomic E-state index is 12.8. The molecule has 0 unspecified atom stereocenters. The molecule has 7 nitrogen and oxygen atoms in total. The van der Waals surface area contributed by atoms with Gasteiger partial charge in [0.2, 0.25) is 0 Å². The molecule has 1 amide bonds. The Bertz CT molecular complexity index is 758. The van der Waals surface area contributed by atoms with Crippen LogP contribution in [0.4, 0.5) is 11.5 Å². The van der Waals surface area contributed by atoms with E-state index in [2.05, 4.69) is 15.2 Å². The molecule has 0 spiro atoms. The van der Waals surface area contributed by atoms with E-state index in [0.717, 1.165) is 18.9 Å². The fourth-order valence-electron chi connectivity index (χ4n) is 2.86. The lowest BCUT2D eigenvalue weighted by Gasteiger charge is -2.27. The predicted octanol–water partition coefficient (Wildman–Crippen LogP) is 2.97. The molecular weight excluding hydrogens is 346 g/mol. The number of amides is 1. The molecule has 1 fully saturated rings. The van der Waals surface area contributed by atoms with Gasteiger partial charge in [0.1, 0.15) is 17.3 Å². The van der Waals surface area contributed by atoms with Crippen LogP contribution in [-0.4, -0.2) is 50.4 Å². The lowest BCUT2D eigenvalue weighted by Crippen LogP contribution is -2.36. The Morgan fingerprint density at radius 3 is 2.59 bits per heavy atom. The van der Waals surface area contributed by atoms with Crippen LogP contribution in [0.1, 0.15) is 24.2 Å². The highest BCUT2D eigenvalue weighted by Crippen LogP contribution is 2.26. The van der Waals surface area contributed by atoms with Crippen molar-refractivity contribution >= 4 is 17.4 Å². The van der Waals surface area contributed by atoms with E-state index < -0.39 is 0 Å². The first-order valence-corrected chi connectivity index (χ1v) is 9.21. The molecule has 2 aromatic rings. The van der Waals surface area contributed by atoms with E-state index in [0.29, 0.717) is 49.2 Å². The van der Waals surface area contributed by atoms with Crippen molar-refractivity contribution in [3.05, 3.63) is 42.1 Å². The molecule has 3 rings (SSSR count). The zero-order valence-corrected chi connectivity index (χ0v) is 15.7. The van der Waals surface area contributed by atoms with E-state index in [4.69, 9.17) is 14.2 Å². The van der Waals surface area contributed by atoms with Crippen molar-refractivity contribution in [2.75, 3.05) is 49.7 Å². The van der Waals surface area contributed by atoms with E-state index in [1.807, 2.05) is 26.0 Å². The number of benzene rings is 1. The Morgan fingerprint density at radius 1 is 1.15 bits per heavy atom. The number of rotatable bonds is 7. The molecule has 1 aliphatic rings. The van der Waals surface area contributed by atoms with Crippen LogP contribution in [0.2, 0.25) is 0 Å². The Labute approximate surface area is 159 Å². The van der Waals surface area contributed by atoms with Gasteiger partial charge >= 0.3 is 0 Å². The van der Waals surface area contributed by atoms with Gasteiger partial charge in [-0.15, -0.1) is 0 Å². The Morgan fingerprint density at radius 2 is 1.93 bits per heavy atom. The molecule has 1 aromatic carbocycles. The van der Waals surface area contributed by atoms with E-state index in [9.17, 15) is 4.79 Å². The van der Waals surface area contributed by atoms with Crippen LogP contribution >= 0.6 is 0 Å². The molecular formula is C20H25N3O4. The van der Waals surface area contributed by atoms with Crippen molar-refractivity contribution in [3.63, 3.8) is 0 Å². The second-order valence-corrected chi connectivity index (χ2v) is 5.98. The van der Waals surface area contributed by atoms with Gasteiger partial charge in [0.15, 0.2) is 0 Å². The van der Waals surface area contributed by atoms with E-state index >= 15 is 0 Å². The lowest BCUT2D eigenvalue weighted by atomic mass is 10.1. The third-order valence-electron chi connectivity index (χ3n) is 4.15. The number of nitrogens with one attached hydrogen (secondary N) is 1. The standard InChI is InChI=1S/C20H25N3O4/c1-3-26-16-6-7-18(27-4-2)17(13-16)20(24)22-15-5-8-19(21-14-15)23-9-11-25-12-10-23/h5-8,13-14H,3-4,9-12H2,1-2H3,(H,22,24). The minimum atomic E-state index is -0.263. The van der Waals surface area contributed by atoms with E-state index in [-0.39, 0.29) is 5.91 Å². The van der Waals surface area contributed by atoms with Crippen LogP contribution in [0.5, 0.6) is 11.5 Å². The number of ether oxygens (including phenoxy) is 3. The number of hydrogen-bond acceptors (Lipinski definition) is 6. The highest BCUT2D eigenvalue weighted by molar-refractivity contribution is 6.06. The average molecular weight is 371 g/mol. The summed E-state index contributed by atoms with van der Waals surface area (Å²) in [5.41, 5.74) is 1.06. The topological polar surface area (TPSA) is 72.9 Å². The van der Waals surface area contributed by atoms with Crippen LogP contribution in [-0.2, 0) is 4.74 Å². The molecule has 1 aliphatic heterocycles. The van der Waals surface area contributed by atoms with Crippen molar-refractivity contribution < 1.29 is 19.0 Å². The summed E-state index contributed by atoms with van der Waals surface area (Å²) < 4.78 is 16.4. The monoisotopic (exact) mass is 371 g/mol. The normalized spacial score (nSPS) is 13.9. The smallest absolute Gasteiger partial charge is 0.259 e. The molecule has 0 bridgehead atoms. The van der Waals surface area contributed by atoms with Gasteiger partial charge in [0, 0.05) is 13.1 Å². The molecule has 27 heavy (non-hydrogen) atoms. The fourth-order valence-corrected chi connectivity index (χ4v) is 2.86. The number of carbonyl (C=O) groups excluding carboxylic acids is 1. The van der Waals surface area contributed by atoms with Crippen LogP contribution in [0.15, 0.2) is 36.5 Å². The molecule has 2 heterocycles. The van der Waals surface area contributed by atoms with E-state index in [1.165, 1.54) is 0 Å². The first-order valence-electron chi connectivity index (χ1n) is 9.21. The molecule has 0 radical (unpaired) electrons. The summed E-state index contributed by atoms with van der Waals surface area (Å²) in [4.78, 5) is 19.4. The number of anilines is 2. The SMILES string of the molecule is CCOc1ccc(OCC)c(C(=O)Nc2ccc(N3CCOCC3)nc2)c1. The summed E-state index contributed by atoms with van der Waals surface area (Å²) in [6.07, 6.45) is 1.66. The first kappa shape index (κ1) is 19.0. The van der Waals surface area contributed by atoms with Gasteiger partial charge in [-0.25, -0.2) is 4.98 Å². The zero-order valence-electron chi connectivity index (χ0n) is 15.7. The largest absolute Gasteiger partial charge is 0.494 e. The maximum Gasteiger partial charge on any atom is 0.259 e. The van der Waals surface area contributed by atoms with Gasteiger partial charge in [-0.05, 0) is 44.2 Å².